The van der Waals surface area contributed by atoms with Gasteiger partial charge in [-0.3, -0.25) is 9.59 Å². The zero-order valence-electron chi connectivity index (χ0n) is 33.5. The molecule has 51 heavy (non-hydrogen) atoms. The second-order valence-electron chi connectivity index (χ2n) is 14.9. The van der Waals surface area contributed by atoms with E-state index in [-0.39, 0.29) is 42.7 Å². The first-order valence-electron chi connectivity index (χ1n) is 20.5. The minimum atomic E-state index is -1.13. The van der Waals surface area contributed by atoms with Crippen LogP contribution in [0.1, 0.15) is 168 Å². The maximum atomic E-state index is 12.7. The van der Waals surface area contributed by atoms with Crippen molar-refractivity contribution in [2.24, 2.45) is 0 Å². The van der Waals surface area contributed by atoms with E-state index in [4.69, 9.17) is 14.2 Å². The van der Waals surface area contributed by atoms with Gasteiger partial charge in [-0.25, -0.2) is 0 Å². The summed E-state index contributed by atoms with van der Waals surface area (Å²) in [6, 6.07) is -0.728. The van der Waals surface area contributed by atoms with Crippen LogP contribution in [-0.2, 0) is 28.6 Å². The van der Waals surface area contributed by atoms with Crippen LogP contribution in [0.5, 0.6) is 0 Å². The number of quaternary nitrogens is 1. The second kappa shape index (κ2) is 34.6. The minimum Gasteiger partial charge on any atom is -0.544 e. The summed E-state index contributed by atoms with van der Waals surface area (Å²) in [4.78, 5) is 36.7. The predicted molar refractivity (Wildman–Crippen MR) is 208 cm³/mol. The summed E-state index contributed by atoms with van der Waals surface area (Å²) in [6.45, 7) is 4.55. The fourth-order valence-electron chi connectivity index (χ4n) is 5.75. The lowest BCUT2D eigenvalue weighted by Gasteiger charge is -2.34. The van der Waals surface area contributed by atoms with Crippen molar-refractivity contribution in [1.82, 2.24) is 0 Å². The smallest absolute Gasteiger partial charge is 0.306 e. The van der Waals surface area contributed by atoms with Gasteiger partial charge in [-0.1, -0.05) is 121 Å². The molecule has 0 rings (SSSR count). The van der Waals surface area contributed by atoms with Gasteiger partial charge >= 0.3 is 11.9 Å². The molecule has 8 nitrogen and oxygen atoms in total. The van der Waals surface area contributed by atoms with Crippen molar-refractivity contribution in [1.29, 1.82) is 0 Å². The van der Waals surface area contributed by atoms with Gasteiger partial charge in [0.2, 0.25) is 0 Å². The van der Waals surface area contributed by atoms with Crippen molar-refractivity contribution in [3.8, 4) is 0 Å². The molecule has 0 aromatic heterocycles. The molecule has 0 aliphatic carbocycles. The maximum Gasteiger partial charge on any atom is 0.306 e. The van der Waals surface area contributed by atoms with Gasteiger partial charge in [0.05, 0.1) is 40.3 Å². The lowest BCUT2D eigenvalue weighted by atomic mass is 10.1. The molecule has 8 heteroatoms. The maximum absolute atomic E-state index is 12.7. The third-order valence-corrected chi connectivity index (χ3v) is 8.98. The number of likely N-dealkylation sites (N-methyl/N-ethyl adjacent to an activating group) is 1. The minimum absolute atomic E-state index is 0.0329. The summed E-state index contributed by atoms with van der Waals surface area (Å²) in [5.74, 6) is -1.77. The first-order chi connectivity index (χ1) is 24.6. The molecule has 0 heterocycles. The topological polar surface area (TPSA) is 102 Å². The van der Waals surface area contributed by atoms with E-state index >= 15 is 0 Å². The van der Waals surface area contributed by atoms with Crippen molar-refractivity contribution in [2.45, 2.75) is 180 Å². The Morgan fingerprint density at radius 2 is 1.08 bits per heavy atom. The highest BCUT2D eigenvalue weighted by Gasteiger charge is 2.25. The summed E-state index contributed by atoms with van der Waals surface area (Å²) < 4.78 is 17.1. The number of ether oxygens (including phenoxy) is 3. The zero-order chi connectivity index (χ0) is 37.8. The van der Waals surface area contributed by atoms with E-state index in [9.17, 15) is 19.5 Å². The highest BCUT2D eigenvalue weighted by atomic mass is 16.6. The SMILES string of the molecule is CCC/C=C\C/C=C\CCCCCCCC(=O)OC(COCCC(C(=O)[O-])[N+](C)(C)C)COC(=O)CCCCCCC/C=C\CCCCCCC. The number of carbonyl (C=O) groups is 3. The van der Waals surface area contributed by atoms with E-state index < -0.39 is 18.1 Å². The number of nitrogens with zero attached hydrogens (tertiary/aromatic N) is 1. The van der Waals surface area contributed by atoms with Crippen molar-refractivity contribution >= 4 is 17.9 Å². The Hall–Kier alpha value is -2.45. The average Bonchev–Trinajstić information content (AvgIpc) is 3.08. The zero-order valence-corrected chi connectivity index (χ0v) is 33.5. The Balaban J connectivity index is 4.42. The molecule has 296 valence electrons. The molecule has 0 spiro atoms. The lowest BCUT2D eigenvalue weighted by molar-refractivity contribution is -0.889. The van der Waals surface area contributed by atoms with Gasteiger partial charge in [0.1, 0.15) is 12.6 Å². The number of hydrogen-bond donors (Lipinski definition) is 0. The van der Waals surface area contributed by atoms with Crippen molar-refractivity contribution in [3.63, 3.8) is 0 Å². The van der Waals surface area contributed by atoms with Crippen LogP contribution < -0.4 is 5.11 Å². The van der Waals surface area contributed by atoms with Crippen LogP contribution in [0.25, 0.3) is 0 Å². The standard InChI is InChI=1S/C43H77NO7/c1-6-8-10-12-14-16-18-20-22-23-25-27-29-31-33-41(45)50-38-39(37-49-36-35-40(43(47)48)44(3,4)5)51-42(46)34-32-30-28-26-24-21-19-17-15-13-11-9-7-2/h11,13,17-20,39-40H,6-10,12,14-16,21-38H2,1-5H3/b13-11-,19-17-,20-18-. The summed E-state index contributed by atoms with van der Waals surface area (Å²) in [5, 5.41) is 11.6. The first kappa shape index (κ1) is 48.5. The van der Waals surface area contributed by atoms with Gasteiger partial charge in [0.25, 0.3) is 0 Å². The van der Waals surface area contributed by atoms with Crippen molar-refractivity contribution in [3.05, 3.63) is 36.5 Å². The molecular weight excluding hydrogens is 642 g/mol. The highest BCUT2D eigenvalue weighted by molar-refractivity contribution is 5.70. The average molecular weight is 720 g/mol. The summed E-state index contributed by atoms with van der Waals surface area (Å²) >= 11 is 0. The molecule has 0 saturated carbocycles. The van der Waals surface area contributed by atoms with Crippen molar-refractivity contribution < 1.29 is 38.2 Å². The molecule has 0 fully saturated rings. The Kier molecular flexibility index (Phi) is 33.0. The van der Waals surface area contributed by atoms with Crippen LogP contribution in [0.15, 0.2) is 36.5 Å². The third-order valence-electron chi connectivity index (χ3n) is 8.98. The number of unbranched alkanes of at least 4 members (excludes halogenated alkanes) is 16. The normalized spacial score (nSPS) is 13.4. The molecule has 0 radical (unpaired) electrons. The fraction of sp³-hybridized carbons (Fsp3) is 0.791. The van der Waals surface area contributed by atoms with Gasteiger partial charge in [-0.2, -0.15) is 0 Å². The van der Waals surface area contributed by atoms with E-state index in [2.05, 4.69) is 50.3 Å². The number of aliphatic carboxylic acids is 1. The molecule has 2 unspecified atom stereocenters. The van der Waals surface area contributed by atoms with E-state index in [1.807, 2.05) is 0 Å². The fourth-order valence-corrected chi connectivity index (χ4v) is 5.75. The monoisotopic (exact) mass is 720 g/mol. The summed E-state index contributed by atoms with van der Waals surface area (Å²) in [5.41, 5.74) is 0. The van der Waals surface area contributed by atoms with Gasteiger partial charge in [0, 0.05) is 19.3 Å². The molecule has 0 bridgehead atoms. The van der Waals surface area contributed by atoms with E-state index in [1.54, 1.807) is 21.1 Å². The second-order valence-corrected chi connectivity index (χ2v) is 14.9. The quantitative estimate of drug-likeness (QED) is 0.0275. The van der Waals surface area contributed by atoms with Gasteiger partial charge in [0.15, 0.2) is 6.10 Å². The number of rotatable bonds is 36. The van der Waals surface area contributed by atoms with Crippen LogP contribution >= 0.6 is 0 Å². The molecule has 0 aliphatic heterocycles. The number of esters is 2. The molecule has 0 N–H and O–H groups in total. The number of carbonyl (C=O) groups excluding carboxylic acids is 3. The van der Waals surface area contributed by atoms with Gasteiger partial charge < -0.3 is 28.6 Å². The van der Waals surface area contributed by atoms with Crippen LogP contribution in [0, 0.1) is 0 Å². The molecule has 0 aliphatic rings. The van der Waals surface area contributed by atoms with Crippen LogP contribution in [0.4, 0.5) is 0 Å². The Morgan fingerprint density at radius 1 is 0.588 bits per heavy atom. The number of carboxylic acids is 1. The predicted octanol–water partition coefficient (Wildman–Crippen LogP) is 9.35. The lowest BCUT2D eigenvalue weighted by Crippen LogP contribution is -2.55. The summed E-state index contributed by atoms with van der Waals surface area (Å²) in [6.07, 6.45) is 37.3. The molecule has 0 aromatic rings. The Labute approximate surface area is 313 Å². The highest BCUT2D eigenvalue weighted by Crippen LogP contribution is 2.13. The first-order valence-corrected chi connectivity index (χ1v) is 20.5. The van der Waals surface area contributed by atoms with E-state index in [0.29, 0.717) is 12.8 Å². The van der Waals surface area contributed by atoms with E-state index in [0.717, 1.165) is 83.5 Å². The molecule has 0 aromatic carbocycles. The Bertz CT molecular complexity index is 937. The molecular formula is C43H77NO7. The molecule has 0 amide bonds. The van der Waals surface area contributed by atoms with Gasteiger partial charge in [-0.15, -0.1) is 0 Å². The third kappa shape index (κ3) is 33.2. The largest absolute Gasteiger partial charge is 0.544 e. The van der Waals surface area contributed by atoms with Crippen LogP contribution in [0.3, 0.4) is 0 Å². The number of allylic oxidation sites excluding steroid dienone is 6. The van der Waals surface area contributed by atoms with Crippen molar-refractivity contribution in [2.75, 3.05) is 41.0 Å². The molecule has 0 saturated heterocycles. The summed E-state index contributed by atoms with van der Waals surface area (Å²) in [7, 11) is 5.39. The Morgan fingerprint density at radius 3 is 1.61 bits per heavy atom. The number of hydrogen-bond acceptors (Lipinski definition) is 7. The number of carboxylic acid groups (broad SMARTS) is 1. The van der Waals surface area contributed by atoms with Gasteiger partial charge in [-0.05, 0) is 64.2 Å². The van der Waals surface area contributed by atoms with Crippen LogP contribution in [0.2, 0.25) is 0 Å². The van der Waals surface area contributed by atoms with E-state index in [1.165, 1.54) is 51.4 Å². The van der Waals surface area contributed by atoms with Crippen LogP contribution in [-0.4, -0.2) is 75.5 Å². The molecule has 2 atom stereocenters.